The van der Waals surface area contributed by atoms with Gasteiger partial charge in [-0.2, -0.15) is 5.10 Å². The minimum absolute atomic E-state index is 0.102. The first kappa shape index (κ1) is 15.8. The van der Waals surface area contributed by atoms with Crippen LogP contribution in [-0.2, 0) is 11.3 Å². The number of β-amino-alcohol motifs (C(OH)–C–C–N with tert-alkyl or cyclic N) is 1. The molecule has 2 heterocycles. The molecule has 1 amide bonds. The van der Waals surface area contributed by atoms with Crippen LogP contribution >= 0.6 is 0 Å². The molecule has 2 unspecified atom stereocenters. The molecule has 118 valence electrons. The highest BCUT2D eigenvalue weighted by molar-refractivity contribution is 5.76. The number of nitrogens with two attached hydrogens (primary N) is 2. The Hall–Kier alpha value is -1.60. The molecule has 7 heteroatoms. The molecule has 5 N–H and O–H groups in total. The lowest BCUT2D eigenvalue weighted by Gasteiger charge is -2.32. The van der Waals surface area contributed by atoms with Gasteiger partial charge in [-0.15, -0.1) is 0 Å². The first-order chi connectivity index (χ1) is 9.88. The number of aromatic nitrogens is 2. The summed E-state index contributed by atoms with van der Waals surface area (Å²) < 4.78 is 1.74. The molecule has 1 aromatic rings. The van der Waals surface area contributed by atoms with E-state index in [-0.39, 0.29) is 11.8 Å². The highest BCUT2D eigenvalue weighted by Gasteiger charge is 2.25. The largest absolute Gasteiger partial charge is 0.396 e. The molecule has 1 aromatic heterocycles. The Balaban J connectivity index is 1.90. The highest BCUT2D eigenvalue weighted by atomic mass is 16.3. The Morgan fingerprint density at radius 2 is 2.19 bits per heavy atom. The van der Waals surface area contributed by atoms with Crippen molar-refractivity contribution in [3.05, 3.63) is 11.4 Å². The number of aryl methyl sites for hydroxylation is 1. The number of aliphatic hydroxyl groups excluding tert-OH is 1. The standard InChI is InChI=1S/C14H25N5O2/c1-9-13(15)10(2)19(17-9)8-12(20)7-18-5-3-4-11(6-18)14(16)21/h11-12,20H,3-8,15H2,1-2H3,(H2,16,21). The van der Waals surface area contributed by atoms with E-state index < -0.39 is 6.10 Å². The zero-order valence-electron chi connectivity index (χ0n) is 12.7. The number of aliphatic hydroxyl groups is 1. The van der Waals surface area contributed by atoms with Crippen molar-refractivity contribution >= 4 is 11.6 Å². The summed E-state index contributed by atoms with van der Waals surface area (Å²) in [5, 5.41) is 14.6. The summed E-state index contributed by atoms with van der Waals surface area (Å²) in [7, 11) is 0. The number of hydrogen-bond acceptors (Lipinski definition) is 5. The van der Waals surface area contributed by atoms with Gasteiger partial charge in [-0.25, -0.2) is 0 Å². The normalized spacial score (nSPS) is 21.4. The lowest BCUT2D eigenvalue weighted by atomic mass is 9.97. The van der Waals surface area contributed by atoms with Crippen molar-refractivity contribution in [1.29, 1.82) is 0 Å². The Morgan fingerprint density at radius 3 is 2.76 bits per heavy atom. The monoisotopic (exact) mass is 295 g/mol. The van der Waals surface area contributed by atoms with Crippen LogP contribution in [0.2, 0.25) is 0 Å². The fraction of sp³-hybridized carbons (Fsp3) is 0.714. The zero-order chi connectivity index (χ0) is 15.6. The van der Waals surface area contributed by atoms with Gasteiger partial charge in [0.15, 0.2) is 0 Å². The number of piperidine rings is 1. The van der Waals surface area contributed by atoms with Gasteiger partial charge in [-0.1, -0.05) is 0 Å². The molecule has 1 saturated heterocycles. The number of hydrogen-bond donors (Lipinski definition) is 3. The topological polar surface area (TPSA) is 110 Å². The summed E-state index contributed by atoms with van der Waals surface area (Å²) in [5.41, 5.74) is 13.6. The lowest BCUT2D eigenvalue weighted by Crippen LogP contribution is -2.44. The average molecular weight is 295 g/mol. The van der Waals surface area contributed by atoms with E-state index in [1.54, 1.807) is 4.68 Å². The number of nitrogen functional groups attached to an aromatic ring is 1. The van der Waals surface area contributed by atoms with Crippen LogP contribution in [0.15, 0.2) is 0 Å². The molecule has 1 fully saturated rings. The Bertz CT molecular complexity index is 514. The van der Waals surface area contributed by atoms with Crippen molar-refractivity contribution in [2.45, 2.75) is 39.3 Å². The zero-order valence-corrected chi connectivity index (χ0v) is 12.7. The molecule has 1 aliphatic rings. The van der Waals surface area contributed by atoms with E-state index in [1.165, 1.54) is 0 Å². The average Bonchev–Trinajstić information content (AvgIpc) is 2.66. The summed E-state index contributed by atoms with van der Waals surface area (Å²) >= 11 is 0. The van der Waals surface area contributed by atoms with E-state index in [0.717, 1.165) is 30.8 Å². The third-order valence-electron chi connectivity index (χ3n) is 4.20. The number of carbonyl (C=O) groups is 1. The molecule has 2 rings (SSSR count). The fourth-order valence-electron chi connectivity index (χ4n) is 2.90. The van der Waals surface area contributed by atoms with Crippen LogP contribution in [-0.4, -0.2) is 51.4 Å². The molecule has 2 atom stereocenters. The number of carbonyl (C=O) groups excluding carboxylic acids is 1. The maximum Gasteiger partial charge on any atom is 0.221 e. The molecule has 7 nitrogen and oxygen atoms in total. The molecule has 0 aliphatic carbocycles. The number of anilines is 1. The van der Waals surface area contributed by atoms with Crippen LogP contribution in [0.4, 0.5) is 5.69 Å². The van der Waals surface area contributed by atoms with Crippen molar-refractivity contribution in [3.63, 3.8) is 0 Å². The number of amides is 1. The predicted molar refractivity (Wildman–Crippen MR) is 80.5 cm³/mol. The van der Waals surface area contributed by atoms with Crippen molar-refractivity contribution in [2.24, 2.45) is 11.7 Å². The lowest BCUT2D eigenvalue weighted by molar-refractivity contribution is -0.123. The summed E-state index contributed by atoms with van der Waals surface area (Å²) in [4.78, 5) is 13.4. The summed E-state index contributed by atoms with van der Waals surface area (Å²) in [6.07, 6.45) is 1.23. The minimum Gasteiger partial charge on any atom is -0.396 e. The SMILES string of the molecule is Cc1nn(CC(O)CN2CCCC(C(N)=O)C2)c(C)c1N. The second kappa shape index (κ2) is 6.44. The molecule has 0 bridgehead atoms. The molecule has 0 spiro atoms. The number of nitrogens with zero attached hydrogens (tertiary/aromatic N) is 3. The molecular formula is C14H25N5O2. The molecule has 0 saturated carbocycles. The Morgan fingerprint density at radius 1 is 1.48 bits per heavy atom. The molecule has 0 radical (unpaired) electrons. The first-order valence-corrected chi connectivity index (χ1v) is 7.37. The maximum atomic E-state index is 11.3. The second-order valence-corrected chi connectivity index (χ2v) is 5.92. The second-order valence-electron chi connectivity index (χ2n) is 5.92. The van der Waals surface area contributed by atoms with Crippen LogP contribution in [0.25, 0.3) is 0 Å². The third kappa shape index (κ3) is 3.74. The summed E-state index contributed by atoms with van der Waals surface area (Å²) in [6, 6.07) is 0. The van der Waals surface area contributed by atoms with Crippen molar-refractivity contribution < 1.29 is 9.90 Å². The van der Waals surface area contributed by atoms with Crippen LogP contribution in [0.1, 0.15) is 24.2 Å². The summed E-state index contributed by atoms with van der Waals surface area (Å²) in [6.45, 7) is 6.19. The van der Waals surface area contributed by atoms with E-state index in [9.17, 15) is 9.90 Å². The van der Waals surface area contributed by atoms with Gasteiger partial charge in [0.2, 0.25) is 5.91 Å². The fourth-order valence-corrected chi connectivity index (χ4v) is 2.90. The molecule has 0 aromatic carbocycles. The Kier molecular flexibility index (Phi) is 4.84. The van der Waals surface area contributed by atoms with E-state index >= 15 is 0 Å². The number of primary amides is 1. The maximum absolute atomic E-state index is 11.3. The van der Waals surface area contributed by atoms with E-state index in [2.05, 4.69) is 10.00 Å². The highest BCUT2D eigenvalue weighted by Crippen LogP contribution is 2.18. The quantitative estimate of drug-likeness (QED) is 0.687. The van der Waals surface area contributed by atoms with E-state index in [0.29, 0.717) is 25.3 Å². The number of likely N-dealkylation sites (tertiary alicyclic amines) is 1. The van der Waals surface area contributed by atoms with E-state index in [4.69, 9.17) is 11.5 Å². The first-order valence-electron chi connectivity index (χ1n) is 7.37. The smallest absolute Gasteiger partial charge is 0.221 e. The summed E-state index contributed by atoms with van der Waals surface area (Å²) in [5.74, 6) is -0.351. The van der Waals surface area contributed by atoms with Gasteiger partial charge in [0, 0.05) is 13.1 Å². The van der Waals surface area contributed by atoms with Gasteiger partial charge >= 0.3 is 0 Å². The van der Waals surface area contributed by atoms with Gasteiger partial charge in [0.1, 0.15) is 0 Å². The minimum atomic E-state index is -0.547. The van der Waals surface area contributed by atoms with Gasteiger partial charge < -0.3 is 16.6 Å². The van der Waals surface area contributed by atoms with Crippen molar-refractivity contribution in [2.75, 3.05) is 25.4 Å². The van der Waals surface area contributed by atoms with Crippen LogP contribution in [0.5, 0.6) is 0 Å². The van der Waals surface area contributed by atoms with Gasteiger partial charge in [-0.05, 0) is 33.2 Å². The van der Waals surface area contributed by atoms with E-state index in [1.807, 2.05) is 13.8 Å². The molecule has 1 aliphatic heterocycles. The van der Waals surface area contributed by atoms with Gasteiger partial charge in [-0.3, -0.25) is 14.4 Å². The Labute approximate surface area is 124 Å². The number of rotatable bonds is 5. The van der Waals surface area contributed by atoms with Crippen LogP contribution in [0, 0.1) is 19.8 Å². The predicted octanol–water partition coefficient (Wildman–Crippen LogP) is -0.360. The molecule has 21 heavy (non-hydrogen) atoms. The van der Waals surface area contributed by atoms with Gasteiger partial charge in [0.25, 0.3) is 0 Å². The van der Waals surface area contributed by atoms with Crippen molar-refractivity contribution in [1.82, 2.24) is 14.7 Å². The van der Waals surface area contributed by atoms with Crippen LogP contribution in [0.3, 0.4) is 0 Å². The van der Waals surface area contributed by atoms with Crippen molar-refractivity contribution in [3.8, 4) is 0 Å². The molecular weight excluding hydrogens is 270 g/mol. The van der Waals surface area contributed by atoms with Crippen LogP contribution < -0.4 is 11.5 Å². The van der Waals surface area contributed by atoms with Gasteiger partial charge in [0.05, 0.1) is 35.6 Å². The third-order valence-corrected chi connectivity index (χ3v) is 4.20.